The molecule has 2 amide bonds. The van der Waals surface area contributed by atoms with Crippen molar-refractivity contribution in [3.8, 4) is 0 Å². The van der Waals surface area contributed by atoms with Crippen molar-refractivity contribution in [3.05, 3.63) is 72.1 Å². The second-order valence-corrected chi connectivity index (χ2v) is 8.29. The first-order valence-corrected chi connectivity index (χ1v) is 11.7. The van der Waals surface area contributed by atoms with E-state index in [9.17, 15) is 9.59 Å². The lowest BCUT2D eigenvalue weighted by Gasteiger charge is -2.18. The van der Waals surface area contributed by atoms with Crippen LogP contribution in [0.5, 0.6) is 0 Å². The van der Waals surface area contributed by atoms with Gasteiger partial charge in [-0.05, 0) is 49.1 Å². The Morgan fingerprint density at radius 2 is 1.56 bits per heavy atom. The van der Waals surface area contributed by atoms with Crippen LogP contribution in [-0.4, -0.2) is 47.7 Å². The number of rotatable bonds is 11. The zero-order chi connectivity index (χ0) is 23.8. The molecule has 6 N–H and O–H groups in total. The number of benzene rings is 2. The number of unbranched alkanes of at least 4 members (excludes halogenated alkanes) is 1. The molecule has 0 aliphatic rings. The smallest absolute Gasteiger partial charge is 0.407 e. The Morgan fingerprint density at radius 1 is 0.912 bits per heavy atom. The van der Waals surface area contributed by atoms with Crippen molar-refractivity contribution < 1.29 is 14.3 Å². The molecule has 0 saturated carbocycles. The third-order valence-electron chi connectivity index (χ3n) is 5.91. The van der Waals surface area contributed by atoms with Gasteiger partial charge in [0.2, 0.25) is 5.91 Å². The molecule has 8 heteroatoms. The number of carbonyl (C=O) groups excluding carboxylic acids is 2. The number of para-hydroxylation sites is 2. The molecule has 2 aromatic carbocycles. The first-order valence-electron chi connectivity index (χ1n) is 11.7. The molecule has 0 saturated heterocycles. The van der Waals surface area contributed by atoms with Gasteiger partial charge in [0.05, 0.1) is 6.61 Å². The highest BCUT2D eigenvalue weighted by Crippen LogP contribution is 2.20. The van der Waals surface area contributed by atoms with E-state index in [1.807, 2.05) is 54.9 Å². The number of aromatic amines is 2. The number of aromatic nitrogens is 2. The molecule has 0 aliphatic carbocycles. The predicted molar refractivity (Wildman–Crippen MR) is 134 cm³/mol. The van der Waals surface area contributed by atoms with Gasteiger partial charge in [-0.25, -0.2) is 4.79 Å². The molecule has 0 radical (unpaired) electrons. The summed E-state index contributed by atoms with van der Waals surface area (Å²) in [5.74, 6) is -0.246. The fraction of sp³-hybridized carbons (Fsp3) is 0.308. The molecule has 34 heavy (non-hydrogen) atoms. The van der Waals surface area contributed by atoms with E-state index in [0.717, 1.165) is 39.4 Å². The van der Waals surface area contributed by atoms with Gasteiger partial charge in [0.15, 0.2) is 0 Å². The molecule has 0 bridgehead atoms. The monoisotopic (exact) mass is 461 g/mol. The summed E-state index contributed by atoms with van der Waals surface area (Å²) in [5.41, 5.74) is 9.63. The number of nitrogens with one attached hydrogen (secondary N) is 4. The lowest BCUT2D eigenvalue weighted by atomic mass is 10.0. The van der Waals surface area contributed by atoms with E-state index in [-0.39, 0.29) is 12.5 Å². The van der Waals surface area contributed by atoms with Gasteiger partial charge in [-0.1, -0.05) is 36.4 Å². The molecule has 2 aromatic heterocycles. The molecular weight excluding hydrogens is 430 g/mol. The van der Waals surface area contributed by atoms with Gasteiger partial charge in [-0.15, -0.1) is 0 Å². The third-order valence-corrected chi connectivity index (χ3v) is 5.91. The summed E-state index contributed by atoms with van der Waals surface area (Å²) in [6.45, 7) is 1.27. The average molecular weight is 462 g/mol. The Bertz CT molecular complexity index is 1250. The van der Waals surface area contributed by atoms with E-state index >= 15 is 0 Å². The fourth-order valence-corrected chi connectivity index (χ4v) is 4.11. The van der Waals surface area contributed by atoms with Gasteiger partial charge in [-0.3, -0.25) is 4.79 Å². The third kappa shape index (κ3) is 5.77. The second kappa shape index (κ2) is 11.4. The summed E-state index contributed by atoms with van der Waals surface area (Å²) in [6.07, 6.45) is 5.74. The summed E-state index contributed by atoms with van der Waals surface area (Å²) in [5, 5.41) is 7.89. The number of ether oxygens (including phenoxy) is 1. The van der Waals surface area contributed by atoms with Crippen LogP contribution in [-0.2, 0) is 22.4 Å². The second-order valence-electron chi connectivity index (χ2n) is 8.29. The van der Waals surface area contributed by atoms with Gasteiger partial charge in [0.1, 0.15) is 6.04 Å². The quantitative estimate of drug-likeness (QED) is 0.220. The van der Waals surface area contributed by atoms with Crippen molar-refractivity contribution >= 4 is 33.8 Å². The highest BCUT2D eigenvalue weighted by Gasteiger charge is 2.23. The standard InChI is InChI=1S/C26H31N5O3/c27-12-5-6-14-34-26(33)31-24(15-19-17-30-23-10-4-2-8-21(19)23)25(32)28-13-11-18-16-29-22-9-3-1-7-20(18)22/h1-4,7-10,16-17,24,29-30H,5-6,11-15,27H2,(H,28,32)(H,31,33)/t24-/m0/s1. The molecule has 0 spiro atoms. The first-order chi connectivity index (χ1) is 16.7. The first kappa shape index (κ1) is 23.4. The summed E-state index contributed by atoms with van der Waals surface area (Å²) >= 11 is 0. The summed E-state index contributed by atoms with van der Waals surface area (Å²) < 4.78 is 5.25. The van der Waals surface area contributed by atoms with E-state index in [2.05, 4.69) is 26.7 Å². The Balaban J connectivity index is 1.40. The Kier molecular flexibility index (Phi) is 7.83. The van der Waals surface area contributed by atoms with E-state index in [1.165, 1.54) is 0 Å². The average Bonchev–Trinajstić information content (AvgIpc) is 3.46. The van der Waals surface area contributed by atoms with Crippen molar-refractivity contribution in [1.29, 1.82) is 0 Å². The number of alkyl carbamates (subject to hydrolysis) is 1. The van der Waals surface area contributed by atoms with Crippen LogP contribution in [0.2, 0.25) is 0 Å². The van der Waals surface area contributed by atoms with Crippen molar-refractivity contribution in [2.45, 2.75) is 31.7 Å². The molecule has 8 nitrogen and oxygen atoms in total. The Labute approximate surface area is 198 Å². The molecule has 2 heterocycles. The van der Waals surface area contributed by atoms with Crippen LogP contribution < -0.4 is 16.4 Å². The summed E-state index contributed by atoms with van der Waals surface area (Å²) in [7, 11) is 0. The number of H-pyrrole nitrogens is 2. The number of nitrogens with two attached hydrogens (primary N) is 1. The Morgan fingerprint density at radius 3 is 2.26 bits per heavy atom. The fourth-order valence-electron chi connectivity index (χ4n) is 4.11. The minimum atomic E-state index is -0.760. The number of hydrogen-bond acceptors (Lipinski definition) is 4. The van der Waals surface area contributed by atoms with Gasteiger partial charge in [0.25, 0.3) is 0 Å². The van der Waals surface area contributed by atoms with E-state index in [4.69, 9.17) is 10.5 Å². The van der Waals surface area contributed by atoms with Crippen LogP contribution in [0, 0.1) is 0 Å². The van der Waals surface area contributed by atoms with Gasteiger partial charge < -0.3 is 31.1 Å². The van der Waals surface area contributed by atoms with Crippen molar-refractivity contribution in [2.24, 2.45) is 5.73 Å². The van der Waals surface area contributed by atoms with Crippen LogP contribution in [0.15, 0.2) is 60.9 Å². The summed E-state index contributed by atoms with van der Waals surface area (Å²) in [4.78, 5) is 31.9. The number of carbonyl (C=O) groups is 2. The largest absolute Gasteiger partial charge is 0.450 e. The maximum absolute atomic E-state index is 13.1. The highest BCUT2D eigenvalue weighted by atomic mass is 16.5. The molecule has 178 valence electrons. The van der Waals surface area contributed by atoms with Crippen LogP contribution in [0.1, 0.15) is 24.0 Å². The molecule has 4 aromatic rings. The van der Waals surface area contributed by atoms with Crippen molar-refractivity contribution in [3.63, 3.8) is 0 Å². The van der Waals surface area contributed by atoms with Crippen molar-refractivity contribution in [1.82, 2.24) is 20.6 Å². The van der Waals surface area contributed by atoms with Crippen LogP contribution >= 0.6 is 0 Å². The van der Waals surface area contributed by atoms with Gasteiger partial charge in [0, 0.05) is 47.2 Å². The van der Waals surface area contributed by atoms with Gasteiger partial charge >= 0.3 is 6.09 Å². The van der Waals surface area contributed by atoms with E-state index < -0.39 is 12.1 Å². The maximum atomic E-state index is 13.1. The maximum Gasteiger partial charge on any atom is 0.407 e. The molecule has 0 aliphatic heterocycles. The van der Waals surface area contributed by atoms with Crippen LogP contribution in [0.3, 0.4) is 0 Å². The zero-order valence-corrected chi connectivity index (χ0v) is 19.1. The van der Waals surface area contributed by atoms with Crippen molar-refractivity contribution in [2.75, 3.05) is 19.7 Å². The number of hydrogen-bond donors (Lipinski definition) is 5. The predicted octanol–water partition coefficient (Wildman–Crippen LogP) is 3.38. The van der Waals surface area contributed by atoms with Crippen LogP contribution in [0.25, 0.3) is 21.8 Å². The molecular formula is C26H31N5O3. The zero-order valence-electron chi connectivity index (χ0n) is 19.1. The minimum Gasteiger partial charge on any atom is -0.450 e. The minimum absolute atomic E-state index is 0.246. The lowest BCUT2D eigenvalue weighted by molar-refractivity contribution is -0.123. The van der Waals surface area contributed by atoms with Gasteiger partial charge in [-0.2, -0.15) is 0 Å². The SMILES string of the molecule is NCCCCOC(=O)N[C@@H](Cc1c[nH]c2ccccc12)C(=O)NCCc1c[nH]c2ccccc12. The summed E-state index contributed by atoms with van der Waals surface area (Å²) in [6, 6.07) is 15.2. The number of amides is 2. The molecule has 1 atom stereocenters. The molecule has 0 fully saturated rings. The number of fused-ring (bicyclic) bond motifs is 2. The Hall–Kier alpha value is -3.78. The topological polar surface area (TPSA) is 125 Å². The lowest BCUT2D eigenvalue weighted by Crippen LogP contribution is -2.48. The highest BCUT2D eigenvalue weighted by molar-refractivity contribution is 5.88. The van der Waals surface area contributed by atoms with E-state index in [0.29, 0.717) is 32.4 Å². The molecule has 4 rings (SSSR count). The normalized spacial score (nSPS) is 12.0. The van der Waals surface area contributed by atoms with Crippen LogP contribution in [0.4, 0.5) is 4.79 Å². The molecule has 0 unspecified atom stereocenters. The van der Waals surface area contributed by atoms with E-state index in [1.54, 1.807) is 0 Å².